The van der Waals surface area contributed by atoms with E-state index in [1.54, 1.807) is 45.0 Å². The quantitative estimate of drug-likeness (QED) is 0.0480. The highest BCUT2D eigenvalue weighted by Crippen LogP contribution is 2.38. The second-order valence-electron chi connectivity index (χ2n) is 19.2. The largest absolute Gasteiger partial charge is 0.391 e. The Labute approximate surface area is 413 Å². The van der Waals surface area contributed by atoms with Crippen molar-refractivity contribution in [1.82, 2.24) is 41.0 Å². The molecule has 14 nitrogen and oxygen atoms in total. The molecular formula is C55H66F2N8O6. The van der Waals surface area contributed by atoms with Gasteiger partial charge in [-0.05, 0) is 145 Å². The van der Waals surface area contributed by atoms with Crippen LogP contribution in [0.15, 0.2) is 91.0 Å². The summed E-state index contributed by atoms with van der Waals surface area (Å²) in [6.45, 7) is 7.95. The normalized spacial score (nSPS) is 18.6. The standard InChI is InChI=1S/C55H66F2N8O6/c1-31(58-5)52(67)62-48(33(3)66)54(69)64-24-10-14-40(64)28-44-42-22-20-38(56)26-46(42)60-50(44)36-16-18-37(19-17-36)51-45(43-23-21-39(57)27-47(43)61-51)29-41-15-11-25-65(41)55(70)49(63-53(68)32(2)59-6)34(4)71-30-35-12-8-7-9-13-35/h7-9,12-13,16-23,26-27,31-34,40-41,48-49,58-61,66H,10-11,14-15,24-25,28-30H2,1-6H3,(H,62,67)(H,63,68)/t31-,32-,33+,34+,40-,41-,48-,49-/m0/s1. The molecule has 7 N–H and O–H groups in total. The maximum Gasteiger partial charge on any atom is 0.248 e. The summed E-state index contributed by atoms with van der Waals surface area (Å²) in [6, 6.07) is 23.3. The van der Waals surface area contributed by atoms with Crippen LogP contribution in [0.2, 0.25) is 0 Å². The summed E-state index contributed by atoms with van der Waals surface area (Å²) >= 11 is 0. The van der Waals surface area contributed by atoms with E-state index in [0.29, 0.717) is 43.4 Å². The van der Waals surface area contributed by atoms with E-state index in [2.05, 4.69) is 31.2 Å². The monoisotopic (exact) mass is 973 g/mol. The van der Waals surface area contributed by atoms with E-state index in [1.807, 2.05) is 66.4 Å². The van der Waals surface area contributed by atoms with Crippen LogP contribution in [0.3, 0.4) is 0 Å². The molecule has 4 heterocycles. The first-order valence-corrected chi connectivity index (χ1v) is 24.8. The second-order valence-corrected chi connectivity index (χ2v) is 19.2. The molecule has 8 atom stereocenters. The number of rotatable bonds is 19. The van der Waals surface area contributed by atoms with Gasteiger partial charge in [-0.25, -0.2) is 8.78 Å². The molecule has 16 heteroatoms. The van der Waals surface area contributed by atoms with E-state index < -0.39 is 48.1 Å². The maximum atomic E-state index is 14.8. The minimum atomic E-state index is -1.13. The molecule has 2 aromatic heterocycles. The van der Waals surface area contributed by atoms with Crippen LogP contribution in [-0.2, 0) is 43.4 Å². The molecule has 2 fully saturated rings. The number of aliphatic hydroxyl groups excluding tert-OH is 1. The van der Waals surface area contributed by atoms with Crippen LogP contribution >= 0.6 is 0 Å². The van der Waals surface area contributed by atoms with Crippen LogP contribution in [0, 0.1) is 11.6 Å². The Hall–Kier alpha value is -6.46. The molecule has 6 aromatic rings. The third-order valence-electron chi connectivity index (χ3n) is 14.5. The predicted molar refractivity (Wildman–Crippen MR) is 271 cm³/mol. The zero-order valence-corrected chi connectivity index (χ0v) is 41.3. The number of aromatic nitrogens is 2. The van der Waals surface area contributed by atoms with Crippen LogP contribution < -0.4 is 21.3 Å². The first-order chi connectivity index (χ1) is 34.1. The van der Waals surface area contributed by atoms with Crippen molar-refractivity contribution < 1.29 is 37.8 Å². The van der Waals surface area contributed by atoms with Gasteiger partial charge in [-0.2, -0.15) is 0 Å². The topological polar surface area (TPSA) is 184 Å². The Morgan fingerprint density at radius 3 is 1.56 bits per heavy atom. The molecular weight excluding hydrogens is 907 g/mol. The highest BCUT2D eigenvalue weighted by Gasteiger charge is 2.40. The van der Waals surface area contributed by atoms with E-state index in [9.17, 15) is 33.1 Å². The van der Waals surface area contributed by atoms with E-state index in [0.717, 1.165) is 69.2 Å². The van der Waals surface area contributed by atoms with E-state index in [1.165, 1.54) is 31.2 Å². The van der Waals surface area contributed by atoms with Gasteiger partial charge in [-0.3, -0.25) is 19.2 Å². The molecule has 0 spiro atoms. The van der Waals surface area contributed by atoms with Crippen molar-refractivity contribution in [2.24, 2.45) is 0 Å². The van der Waals surface area contributed by atoms with Gasteiger partial charge in [0.25, 0.3) is 0 Å². The molecule has 8 rings (SSSR count). The minimum absolute atomic E-state index is 0.227. The van der Waals surface area contributed by atoms with Gasteiger partial charge in [0.05, 0.1) is 30.9 Å². The number of H-pyrrole nitrogens is 2. The fourth-order valence-corrected chi connectivity index (χ4v) is 10.2. The van der Waals surface area contributed by atoms with Crippen molar-refractivity contribution in [3.63, 3.8) is 0 Å². The lowest BCUT2D eigenvalue weighted by Gasteiger charge is -2.33. The smallest absolute Gasteiger partial charge is 0.248 e. The molecule has 2 aliphatic rings. The molecule has 0 saturated carbocycles. The number of aromatic amines is 2. The highest BCUT2D eigenvalue weighted by atomic mass is 19.1. The van der Waals surface area contributed by atoms with Gasteiger partial charge in [-0.1, -0.05) is 54.6 Å². The lowest BCUT2D eigenvalue weighted by Crippen LogP contribution is -2.58. The van der Waals surface area contributed by atoms with Crippen LogP contribution in [0.25, 0.3) is 44.3 Å². The number of aliphatic hydroxyl groups is 1. The summed E-state index contributed by atoms with van der Waals surface area (Å²) in [4.78, 5) is 65.5. The number of nitrogens with zero attached hydrogens (tertiary/aromatic N) is 2. The number of benzene rings is 4. The molecule has 71 heavy (non-hydrogen) atoms. The third-order valence-corrected chi connectivity index (χ3v) is 14.5. The summed E-state index contributed by atoms with van der Waals surface area (Å²) in [5, 5.41) is 23.9. The minimum Gasteiger partial charge on any atom is -0.391 e. The summed E-state index contributed by atoms with van der Waals surface area (Å²) in [7, 11) is 3.34. The van der Waals surface area contributed by atoms with Gasteiger partial charge in [-0.15, -0.1) is 0 Å². The number of ether oxygens (including phenoxy) is 1. The number of hydrogen-bond donors (Lipinski definition) is 7. The van der Waals surface area contributed by atoms with Crippen molar-refractivity contribution in [3.05, 3.63) is 119 Å². The van der Waals surface area contributed by atoms with E-state index in [4.69, 9.17) is 4.74 Å². The van der Waals surface area contributed by atoms with Crippen molar-refractivity contribution in [3.8, 4) is 22.5 Å². The number of carbonyl (C=O) groups excluding carboxylic acids is 4. The zero-order chi connectivity index (χ0) is 50.5. The Morgan fingerprint density at radius 2 is 1.11 bits per heavy atom. The number of carbonyl (C=O) groups is 4. The number of likely N-dealkylation sites (tertiary alicyclic amines) is 2. The number of halogens is 2. The van der Waals surface area contributed by atoms with Crippen LogP contribution in [-0.4, -0.2) is 124 Å². The van der Waals surface area contributed by atoms with Crippen molar-refractivity contribution in [2.75, 3.05) is 27.2 Å². The lowest BCUT2D eigenvalue weighted by molar-refractivity contribution is -0.142. The average Bonchev–Trinajstić information content (AvgIpc) is 4.19. The maximum absolute atomic E-state index is 14.8. The lowest BCUT2D eigenvalue weighted by atomic mass is 9.95. The highest BCUT2D eigenvalue weighted by molar-refractivity contribution is 5.95. The summed E-state index contributed by atoms with van der Waals surface area (Å²) < 4.78 is 35.9. The molecule has 4 aromatic carbocycles. The predicted octanol–water partition coefficient (Wildman–Crippen LogP) is 6.50. The number of nitrogens with one attached hydrogen (secondary N) is 6. The molecule has 376 valence electrons. The number of hydrogen-bond acceptors (Lipinski definition) is 8. The second kappa shape index (κ2) is 22.3. The van der Waals surface area contributed by atoms with Gasteiger partial charge in [0.1, 0.15) is 23.7 Å². The van der Waals surface area contributed by atoms with E-state index >= 15 is 0 Å². The Balaban J connectivity index is 1.08. The molecule has 2 saturated heterocycles. The van der Waals surface area contributed by atoms with Gasteiger partial charge in [0.15, 0.2) is 0 Å². The molecule has 4 amide bonds. The van der Waals surface area contributed by atoms with Crippen molar-refractivity contribution in [1.29, 1.82) is 0 Å². The fourth-order valence-electron chi connectivity index (χ4n) is 10.2. The van der Waals surface area contributed by atoms with Crippen LogP contribution in [0.5, 0.6) is 0 Å². The Bertz CT molecular complexity index is 2850. The number of fused-ring (bicyclic) bond motifs is 2. The molecule has 2 aliphatic heterocycles. The van der Waals surface area contributed by atoms with Gasteiger partial charge >= 0.3 is 0 Å². The SMILES string of the molecule is CN[C@@H](C)C(=O)N[C@H](C(=O)N1CCC[C@H]1Cc1c(-c2ccc(-c3[nH]c4cc(F)ccc4c3C[C@@H]3CCCN3C(=O)[C@@H](NC(=O)[C@H](C)NC)[C@@H](C)OCc3ccccc3)cc2)[nH]c2cc(F)ccc12)[C@@H](C)O. The number of amides is 4. The molecule has 0 bridgehead atoms. The summed E-state index contributed by atoms with van der Waals surface area (Å²) in [5.74, 6) is -2.07. The first-order valence-electron chi connectivity index (χ1n) is 24.8. The molecule has 0 aliphatic carbocycles. The van der Waals surface area contributed by atoms with Crippen molar-refractivity contribution in [2.45, 2.75) is 121 Å². The Morgan fingerprint density at radius 1 is 0.662 bits per heavy atom. The van der Waals surface area contributed by atoms with Crippen molar-refractivity contribution >= 4 is 45.4 Å². The van der Waals surface area contributed by atoms with Gasteiger partial charge in [0, 0.05) is 58.4 Å². The number of likely N-dealkylation sites (N-methyl/N-ethyl adjacent to an activating group) is 2. The zero-order valence-electron chi connectivity index (χ0n) is 41.3. The Kier molecular flexibility index (Phi) is 16.0. The summed E-state index contributed by atoms with van der Waals surface area (Å²) in [6.07, 6.45) is 2.05. The fraction of sp³-hybridized carbons (Fsp3) is 0.418. The molecule has 0 radical (unpaired) electrons. The third kappa shape index (κ3) is 11.2. The van der Waals surface area contributed by atoms with E-state index in [-0.39, 0.29) is 42.2 Å². The average molecular weight is 973 g/mol. The van der Waals surface area contributed by atoms with Gasteiger partial charge in [0.2, 0.25) is 23.6 Å². The first kappa shape index (κ1) is 50.9. The molecule has 0 unspecified atom stereocenters. The summed E-state index contributed by atoms with van der Waals surface area (Å²) in [5.41, 5.74) is 7.22. The van der Waals surface area contributed by atoms with Crippen LogP contribution in [0.4, 0.5) is 8.78 Å². The van der Waals surface area contributed by atoms with Crippen LogP contribution in [0.1, 0.15) is 70.1 Å². The van der Waals surface area contributed by atoms with Gasteiger partial charge < -0.3 is 50.9 Å².